The van der Waals surface area contributed by atoms with Crippen LogP contribution in [0.2, 0.25) is 0 Å². The van der Waals surface area contributed by atoms with Crippen LogP contribution in [0.5, 0.6) is 0 Å². The summed E-state index contributed by atoms with van der Waals surface area (Å²) in [6.07, 6.45) is 40.1. The lowest BCUT2D eigenvalue weighted by atomic mass is 9.87. The van der Waals surface area contributed by atoms with Crippen LogP contribution < -0.4 is 0 Å². The van der Waals surface area contributed by atoms with Crippen molar-refractivity contribution >= 4 is 5.97 Å². The average Bonchev–Trinajstić information content (AvgIpc) is 2.97. The van der Waals surface area contributed by atoms with E-state index in [0.29, 0.717) is 12.3 Å². The van der Waals surface area contributed by atoms with E-state index in [0.717, 1.165) is 38.6 Å². The van der Waals surface area contributed by atoms with E-state index in [1.54, 1.807) is 0 Å². The molecule has 250 valence electrons. The molecular formula is C39H77NO2. The maximum Gasteiger partial charge on any atom is 0.306 e. The zero-order valence-corrected chi connectivity index (χ0v) is 29.6. The molecule has 1 atom stereocenters. The van der Waals surface area contributed by atoms with Gasteiger partial charge in [0.2, 0.25) is 0 Å². The molecule has 0 radical (unpaired) electrons. The monoisotopic (exact) mass is 592 g/mol. The summed E-state index contributed by atoms with van der Waals surface area (Å²) in [6.45, 7) is 7.90. The van der Waals surface area contributed by atoms with E-state index in [-0.39, 0.29) is 12.1 Å². The summed E-state index contributed by atoms with van der Waals surface area (Å²) in [7, 11) is 4.21. The fourth-order valence-corrected chi connectivity index (χ4v) is 6.10. The van der Waals surface area contributed by atoms with Crippen molar-refractivity contribution < 1.29 is 9.53 Å². The number of hydrogen-bond donors (Lipinski definition) is 0. The molecule has 42 heavy (non-hydrogen) atoms. The number of hydrogen-bond acceptors (Lipinski definition) is 3. The highest BCUT2D eigenvalue weighted by Crippen LogP contribution is 2.28. The van der Waals surface area contributed by atoms with Crippen LogP contribution in [0.3, 0.4) is 0 Å². The van der Waals surface area contributed by atoms with E-state index in [2.05, 4.69) is 51.9 Å². The minimum absolute atomic E-state index is 0.0470. The maximum absolute atomic E-state index is 13.0. The summed E-state index contributed by atoms with van der Waals surface area (Å²) in [6, 6.07) is 0. The molecule has 0 amide bonds. The standard InChI is InChI=1S/C39H77NO2/c1-6-9-12-15-18-21-24-27-32-37(33-28-25-22-19-16-13-10-7-2)38(34-29-26-23-20-17-14-11-8-3)42-39(41)35-30-31-36-40(4)5/h20,23,37-38H,6-19,21-22,24-36H2,1-5H3. The summed E-state index contributed by atoms with van der Waals surface area (Å²) in [5.41, 5.74) is 0. The van der Waals surface area contributed by atoms with E-state index in [4.69, 9.17) is 4.74 Å². The van der Waals surface area contributed by atoms with Gasteiger partial charge in [0.05, 0.1) is 0 Å². The maximum atomic E-state index is 13.0. The van der Waals surface area contributed by atoms with Crippen LogP contribution in [-0.2, 0) is 9.53 Å². The van der Waals surface area contributed by atoms with Gasteiger partial charge in [0.1, 0.15) is 6.10 Å². The molecule has 0 saturated carbocycles. The van der Waals surface area contributed by atoms with Gasteiger partial charge in [-0.3, -0.25) is 4.79 Å². The molecule has 0 aromatic carbocycles. The van der Waals surface area contributed by atoms with Gasteiger partial charge in [-0.2, -0.15) is 0 Å². The fraction of sp³-hybridized carbons (Fsp3) is 0.923. The molecule has 0 fully saturated rings. The summed E-state index contributed by atoms with van der Waals surface area (Å²) < 4.78 is 6.35. The number of rotatable bonds is 33. The van der Waals surface area contributed by atoms with Crippen LogP contribution in [-0.4, -0.2) is 37.6 Å². The Balaban J connectivity index is 5.00. The van der Waals surface area contributed by atoms with Gasteiger partial charge in [0.25, 0.3) is 0 Å². The molecule has 0 aliphatic rings. The number of carbonyl (C=O) groups excluding carboxylic acids is 1. The van der Waals surface area contributed by atoms with Crippen LogP contribution in [0.4, 0.5) is 0 Å². The molecule has 3 heteroatoms. The third-order valence-electron chi connectivity index (χ3n) is 8.90. The van der Waals surface area contributed by atoms with Crippen molar-refractivity contribution in [3.63, 3.8) is 0 Å². The van der Waals surface area contributed by atoms with Gasteiger partial charge in [0.15, 0.2) is 0 Å². The van der Waals surface area contributed by atoms with E-state index in [9.17, 15) is 4.79 Å². The molecule has 0 saturated heterocycles. The molecule has 0 aromatic heterocycles. The number of carbonyl (C=O) groups is 1. The third-order valence-corrected chi connectivity index (χ3v) is 8.90. The Morgan fingerprint density at radius 3 is 1.50 bits per heavy atom. The molecule has 0 aliphatic heterocycles. The second-order valence-corrected chi connectivity index (χ2v) is 13.5. The van der Waals surface area contributed by atoms with E-state index < -0.39 is 0 Å². The van der Waals surface area contributed by atoms with Crippen LogP contribution in [0.15, 0.2) is 12.2 Å². The Morgan fingerprint density at radius 2 is 1.00 bits per heavy atom. The van der Waals surface area contributed by atoms with Gasteiger partial charge in [-0.1, -0.05) is 148 Å². The van der Waals surface area contributed by atoms with Crippen molar-refractivity contribution in [3.05, 3.63) is 12.2 Å². The third kappa shape index (κ3) is 29.3. The Bertz CT molecular complexity index is 553. The normalized spacial score (nSPS) is 12.6. The van der Waals surface area contributed by atoms with E-state index >= 15 is 0 Å². The molecule has 0 aliphatic carbocycles. The number of unbranched alkanes of at least 4 members (excludes halogenated alkanes) is 19. The highest BCUT2D eigenvalue weighted by atomic mass is 16.5. The number of ether oxygens (including phenoxy) is 1. The van der Waals surface area contributed by atoms with Crippen molar-refractivity contribution in [2.75, 3.05) is 20.6 Å². The largest absolute Gasteiger partial charge is 0.462 e. The number of nitrogens with zero attached hydrogens (tertiary/aromatic N) is 1. The predicted octanol–water partition coefficient (Wildman–Crippen LogP) is 12.6. The molecule has 3 nitrogen and oxygen atoms in total. The molecule has 0 rings (SSSR count). The van der Waals surface area contributed by atoms with Crippen molar-refractivity contribution in [2.24, 2.45) is 5.92 Å². The molecule has 0 heterocycles. The second kappa shape index (κ2) is 33.1. The first-order valence-electron chi connectivity index (χ1n) is 19.0. The van der Waals surface area contributed by atoms with Crippen LogP contribution >= 0.6 is 0 Å². The van der Waals surface area contributed by atoms with Gasteiger partial charge in [-0.05, 0) is 84.3 Å². The van der Waals surface area contributed by atoms with Crippen molar-refractivity contribution in [2.45, 2.75) is 207 Å². The second-order valence-electron chi connectivity index (χ2n) is 13.5. The van der Waals surface area contributed by atoms with Crippen molar-refractivity contribution in [1.82, 2.24) is 4.90 Å². The lowest BCUT2D eigenvalue weighted by Crippen LogP contribution is -2.27. The van der Waals surface area contributed by atoms with Gasteiger partial charge >= 0.3 is 5.97 Å². The molecule has 0 spiro atoms. The number of allylic oxidation sites excluding steroid dienone is 2. The lowest BCUT2D eigenvalue weighted by molar-refractivity contribution is -0.153. The summed E-state index contributed by atoms with van der Waals surface area (Å²) in [5.74, 6) is 0.579. The quantitative estimate of drug-likeness (QED) is 0.0432. The van der Waals surface area contributed by atoms with Gasteiger partial charge < -0.3 is 9.64 Å². The molecule has 0 aromatic rings. The molecule has 1 unspecified atom stereocenters. The van der Waals surface area contributed by atoms with E-state index in [1.165, 1.54) is 141 Å². The Morgan fingerprint density at radius 1 is 0.548 bits per heavy atom. The Hall–Kier alpha value is -0.830. The van der Waals surface area contributed by atoms with Gasteiger partial charge in [0, 0.05) is 6.42 Å². The first-order valence-corrected chi connectivity index (χ1v) is 19.0. The SMILES string of the molecule is CCCCCC=CCCCC(OC(=O)CCCCN(C)C)C(CCCCCCCCCC)CCCCCCCCCC. The Kier molecular flexibility index (Phi) is 32.4. The van der Waals surface area contributed by atoms with Crippen LogP contribution in [0.25, 0.3) is 0 Å². The van der Waals surface area contributed by atoms with E-state index in [1.807, 2.05) is 0 Å². The fourth-order valence-electron chi connectivity index (χ4n) is 6.10. The average molecular weight is 592 g/mol. The Labute approximate surface area is 265 Å². The van der Waals surface area contributed by atoms with Gasteiger partial charge in [-0.15, -0.1) is 0 Å². The smallest absolute Gasteiger partial charge is 0.306 e. The highest BCUT2D eigenvalue weighted by Gasteiger charge is 2.24. The first-order chi connectivity index (χ1) is 20.5. The molecule has 0 bridgehead atoms. The van der Waals surface area contributed by atoms with Crippen molar-refractivity contribution in [3.8, 4) is 0 Å². The van der Waals surface area contributed by atoms with Crippen LogP contribution in [0, 0.1) is 5.92 Å². The minimum atomic E-state index is 0.0470. The van der Waals surface area contributed by atoms with Gasteiger partial charge in [-0.25, -0.2) is 0 Å². The first kappa shape index (κ1) is 41.2. The molecular weight excluding hydrogens is 514 g/mol. The zero-order valence-electron chi connectivity index (χ0n) is 29.6. The summed E-state index contributed by atoms with van der Waals surface area (Å²) in [5, 5.41) is 0. The zero-order chi connectivity index (χ0) is 30.9. The summed E-state index contributed by atoms with van der Waals surface area (Å²) in [4.78, 5) is 15.2. The topological polar surface area (TPSA) is 29.5 Å². The summed E-state index contributed by atoms with van der Waals surface area (Å²) >= 11 is 0. The van der Waals surface area contributed by atoms with Crippen molar-refractivity contribution in [1.29, 1.82) is 0 Å². The number of esters is 1. The highest BCUT2D eigenvalue weighted by molar-refractivity contribution is 5.69. The predicted molar refractivity (Wildman–Crippen MR) is 187 cm³/mol. The van der Waals surface area contributed by atoms with Crippen LogP contribution in [0.1, 0.15) is 201 Å². The molecule has 0 N–H and O–H groups in total. The lowest BCUT2D eigenvalue weighted by Gasteiger charge is -2.28. The minimum Gasteiger partial charge on any atom is -0.462 e.